The molecule has 2 aromatic heterocycles. The highest BCUT2D eigenvalue weighted by Crippen LogP contribution is 2.04. The third-order valence-electron chi connectivity index (χ3n) is 2.03. The lowest BCUT2D eigenvalue weighted by atomic mass is 10.3. The molecule has 0 spiro atoms. The lowest BCUT2D eigenvalue weighted by Crippen LogP contribution is -2.14. The molecule has 0 bridgehead atoms. The summed E-state index contributed by atoms with van der Waals surface area (Å²) >= 11 is 0. The summed E-state index contributed by atoms with van der Waals surface area (Å²) in [6.45, 7) is 1.84. The molecule has 16 heavy (non-hydrogen) atoms. The van der Waals surface area contributed by atoms with Crippen LogP contribution in [0.2, 0.25) is 0 Å². The van der Waals surface area contributed by atoms with Gasteiger partial charge in [0.25, 0.3) is 5.91 Å². The Morgan fingerprint density at radius 2 is 2.06 bits per heavy atom. The first-order valence-electron chi connectivity index (χ1n) is 4.92. The Kier molecular flexibility index (Phi) is 2.91. The Morgan fingerprint density at radius 1 is 1.19 bits per heavy atom. The highest BCUT2D eigenvalue weighted by atomic mass is 16.1. The van der Waals surface area contributed by atoms with Crippen molar-refractivity contribution in [3.05, 3.63) is 54.0 Å². The number of aromatic nitrogens is 2. The topological polar surface area (TPSA) is 54.9 Å². The number of aryl methyl sites for hydroxylation is 1. The number of nitrogens with one attached hydrogen (secondary N) is 1. The lowest BCUT2D eigenvalue weighted by Gasteiger charge is -2.03. The standard InChI is InChI=1S/C12H11N3O/c1-9-5-4-6-10(14-9)12(16)15-11-7-2-3-8-13-11/h2-8H,1H3,(H,13,15,16). The maximum atomic E-state index is 11.8. The Morgan fingerprint density at radius 3 is 2.75 bits per heavy atom. The summed E-state index contributed by atoms with van der Waals surface area (Å²) in [6, 6.07) is 10.7. The van der Waals surface area contributed by atoms with Crippen LogP contribution in [0.5, 0.6) is 0 Å². The molecule has 0 saturated heterocycles. The molecule has 0 saturated carbocycles. The van der Waals surface area contributed by atoms with Gasteiger partial charge in [-0.2, -0.15) is 0 Å². The summed E-state index contributed by atoms with van der Waals surface area (Å²) < 4.78 is 0. The fourth-order valence-corrected chi connectivity index (χ4v) is 1.29. The van der Waals surface area contributed by atoms with Gasteiger partial charge in [-0.3, -0.25) is 4.79 Å². The predicted molar refractivity (Wildman–Crippen MR) is 61.2 cm³/mol. The third-order valence-corrected chi connectivity index (χ3v) is 2.03. The van der Waals surface area contributed by atoms with Gasteiger partial charge in [-0.15, -0.1) is 0 Å². The molecule has 0 radical (unpaired) electrons. The van der Waals surface area contributed by atoms with Crippen molar-refractivity contribution in [2.24, 2.45) is 0 Å². The van der Waals surface area contributed by atoms with Gasteiger partial charge in [0.1, 0.15) is 11.5 Å². The van der Waals surface area contributed by atoms with E-state index in [2.05, 4.69) is 15.3 Å². The minimum Gasteiger partial charge on any atom is -0.305 e. The molecule has 0 unspecified atom stereocenters. The molecule has 0 aliphatic heterocycles. The van der Waals surface area contributed by atoms with Crippen LogP contribution in [0.15, 0.2) is 42.6 Å². The van der Waals surface area contributed by atoms with Crippen LogP contribution in [-0.4, -0.2) is 15.9 Å². The van der Waals surface area contributed by atoms with E-state index in [1.807, 2.05) is 19.1 Å². The van der Waals surface area contributed by atoms with E-state index in [1.165, 1.54) is 0 Å². The molecular weight excluding hydrogens is 202 g/mol. The number of hydrogen-bond acceptors (Lipinski definition) is 3. The number of amides is 1. The molecule has 4 nitrogen and oxygen atoms in total. The van der Waals surface area contributed by atoms with E-state index in [0.29, 0.717) is 11.5 Å². The van der Waals surface area contributed by atoms with Gasteiger partial charge >= 0.3 is 0 Å². The molecule has 0 aliphatic carbocycles. The number of carbonyl (C=O) groups excluding carboxylic acids is 1. The van der Waals surface area contributed by atoms with Crippen molar-refractivity contribution in [1.29, 1.82) is 0 Å². The first-order valence-corrected chi connectivity index (χ1v) is 4.92. The second-order valence-electron chi connectivity index (χ2n) is 3.33. The van der Waals surface area contributed by atoms with E-state index in [0.717, 1.165) is 5.69 Å². The Labute approximate surface area is 93.4 Å². The molecule has 0 aliphatic rings. The highest BCUT2D eigenvalue weighted by Gasteiger charge is 2.07. The van der Waals surface area contributed by atoms with Gasteiger partial charge in [-0.05, 0) is 31.2 Å². The second-order valence-corrected chi connectivity index (χ2v) is 3.33. The fourth-order valence-electron chi connectivity index (χ4n) is 1.29. The van der Waals surface area contributed by atoms with Gasteiger partial charge in [0.05, 0.1) is 0 Å². The van der Waals surface area contributed by atoms with Crippen LogP contribution in [0.3, 0.4) is 0 Å². The Bertz CT molecular complexity index is 497. The van der Waals surface area contributed by atoms with Crippen LogP contribution >= 0.6 is 0 Å². The van der Waals surface area contributed by atoms with Crippen LogP contribution in [0.4, 0.5) is 5.82 Å². The van der Waals surface area contributed by atoms with Crippen molar-refractivity contribution in [3.8, 4) is 0 Å². The number of pyridine rings is 2. The molecule has 1 N–H and O–H groups in total. The van der Waals surface area contributed by atoms with E-state index in [1.54, 1.807) is 30.5 Å². The zero-order valence-corrected chi connectivity index (χ0v) is 8.84. The average Bonchev–Trinajstić information content (AvgIpc) is 2.30. The van der Waals surface area contributed by atoms with Crippen molar-refractivity contribution in [2.45, 2.75) is 6.92 Å². The lowest BCUT2D eigenvalue weighted by molar-refractivity contribution is 0.102. The summed E-state index contributed by atoms with van der Waals surface area (Å²) in [6.07, 6.45) is 1.62. The van der Waals surface area contributed by atoms with E-state index in [-0.39, 0.29) is 5.91 Å². The third kappa shape index (κ3) is 2.42. The number of hydrogen-bond donors (Lipinski definition) is 1. The molecule has 4 heteroatoms. The molecule has 0 atom stereocenters. The second kappa shape index (κ2) is 4.53. The van der Waals surface area contributed by atoms with Crippen LogP contribution < -0.4 is 5.32 Å². The molecule has 0 aromatic carbocycles. The average molecular weight is 213 g/mol. The van der Waals surface area contributed by atoms with Gasteiger partial charge in [-0.1, -0.05) is 12.1 Å². The number of rotatable bonds is 2. The highest BCUT2D eigenvalue weighted by molar-refractivity contribution is 6.02. The van der Waals surface area contributed by atoms with Crippen molar-refractivity contribution in [1.82, 2.24) is 9.97 Å². The molecule has 2 heterocycles. The summed E-state index contributed by atoms with van der Waals surface area (Å²) in [7, 11) is 0. The molecule has 80 valence electrons. The predicted octanol–water partition coefficient (Wildman–Crippen LogP) is 2.04. The first-order chi connectivity index (χ1) is 7.75. The van der Waals surface area contributed by atoms with E-state index >= 15 is 0 Å². The van der Waals surface area contributed by atoms with Crippen LogP contribution in [0.1, 0.15) is 16.2 Å². The van der Waals surface area contributed by atoms with Gasteiger partial charge < -0.3 is 5.32 Å². The fraction of sp³-hybridized carbons (Fsp3) is 0.0833. The van der Waals surface area contributed by atoms with E-state index in [9.17, 15) is 4.79 Å². The SMILES string of the molecule is Cc1cccc(C(=O)Nc2ccccn2)n1. The van der Waals surface area contributed by atoms with Crippen LogP contribution in [0.25, 0.3) is 0 Å². The molecule has 2 rings (SSSR count). The minimum atomic E-state index is -0.248. The van der Waals surface area contributed by atoms with E-state index < -0.39 is 0 Å². The minimum absolute atomic E-state index is 0.248. The molecular formula is C12H11N3O. The van der Waals surface area contributed by atoms with Gasteiger partial charge in [-0.25, -0.2) is 9.97 Å². The van der Waals surface area contributed by atoms with Gasteiger partial charge in [0, 0.05) is 11.9 Å². The van der Waals surface area contributed by atoms with Crippen molar-refractivity contribution >= 4 is 11.7 Å². The Hall–Kier alpha value is -2.23. The van der Waals surface area contributed by atoms with Crippen LogP contribution in [0, 0.1) is 6.92 Å². The zero-order chi connectivity index (χ0) is 11.4. The smallest absolute Gasteiger partial charge is 0.275 e. The number of anilines is 1. The first kappa shape index (κ1) is 10.3. The van der Waals surface area contributed by atoms with Crippen LogP contribution in [-0.2, 0) is 0 Å². The number of carbonyl (C=O) groups is 1. The summed E-state index contributed by atoms with van der Waals surface area (Å²) in [5.41, 5.74) is 1.21. The summed E-state index contributed by atoms with van der Waals surface area (Å²) in [4.78, 5) is 19.9. The van der Waals surface area contributed by atoms with Crippen molar-refractivity contribution in [2.75, 3.05) is 5.32 Å². The number of nitrogens with zero attached hydrogens (tertiary/aromatic N) is 2. The van der Waals surface area contributed by atoms with Gasteiger partial charge in [0.2, 0.25) is 0 Å². The Balaban J connectivity index is 2.15. The maximum absolute atomic E-state index is 11.8. The van der Waals surface area contributed by atoms with Crippen molar-refractivity contribution in [3.63, 3.8) is 0 Å². The van der Waals surface area contributed by atoms with E-state index in [4.69, 9.17) is 0 Å². The zero-order valence-electron chi connectivity index (χ0n) is 8.84. The largest absolute Gasteiger partial charge is 0.305 e. The molecule has 1 amide bonds. The monoisotopic (exact) mass is 213 g/mol. The normalized spacial score (nSPS) is 9.81. The molecule has 2 aromatic rings. The summed E-state index contributed by atoms with van der Waals surface area (Å²) in [5, 5.41) is 2.67. The van der Waals surface area contributed by atoms with Gasteiger partial charge in [0.15, 0.2) is 0 Å². The van der Waals surface area contributed by atoms with Crippen molar-refractivity contribution < 1.29 is 4.79 Å². The molecule has 0 fully saturated rings. The summed E-state index contributed by atoms with van der Waals surface area (Å²) in [5.74, 6) is 0.276. The quantitative estimate of drug-likeness (QED) is 0.830. The maximum Gasteiger partial charge on any atom is 0.275 e.